The standard InChI is InChI=1S/C69H110O6/c1-4-7-10-13-16-19-21-23-25-27-28-29-30-31-32-33-34-35-36-37-38-39-40-42-43-45-47-50-53-56-59-62-68(71)74-65-66(64-73-67(70)61-58-55-52-49-18-15-12-9-6-3)75-69(72)63-60-57-54-51-48-46-44-41-26-24-22-20-17-14-11-8-5-2/h7-8,10-11,16-17,19-20,23-26,28-29,31-32,34-35,37-38,40,42,45,47,66H,4-6,9,12-15,18,21-22,27,30,33,36,39,41,43-44,46,48-65H2,1-3H3/b10-7-,11-8-,19-16-,20-17-,25-23-,26-24-,29-28-,32-31-,35-34-,38-37-,42-40-,47-45-. The van der Waals surface area contributed by atoms with Crippen molar-refractivity contribution in [2.24, 2.45) is 0 Å². The predicted molar refractivity (Wildman–Crippen MR) is 325 cm³/mol. The van der Waals surface area contributed by atoms with Crippen molar-refractivity contribution in [1.82, 2.24) is 0 Å². The molecule has 0 aliphatic heterocycles. The third kappa shape index (κ3) is 60.0. The number of ether oxygens (including phenoxy) is 3. The summed E-state index contributed by atoms with van der Waals surface area (Å²) in [6, 6.07) is 0. The molecule has 0 N–H and O–H groups in total. The van der Waals surface area contributed by atoms with E-state index in [9.17, 15) is 14.4 Å². The van der Waals surface area contributed by atoms with Crippen LogP contribution < -0.4 is 0 Å². The maximum atomic E-state index is 12.8. The third-order valence-electron chi connectivity index (χ3n) is 12.3. The van der Waals surface area contributed by atoms with Crippen molar-refractivity contribution in [3.05, 3.63) is 146 Å². The lowest BCUT2D eigenvalue weighted by atomic mass is 10.1. The average molecular weight is 1040 g/mol. The Hall–Kier alpha value is -4.71. The van der Waals surface area contributed by atoms with Gasteiger partial charge < -0.3 is 14.2 Å². The summed E-state index contributed by atoms with van der Waals surface area (Å²) in [6.07, 6.45) is 88.5. The Kier molecular flexibility index (Phi) is 58.0. The summed E-state index contributed by atoms with van der Waals surface area (Å²) < 4.78 is 16.8. The molecule has 0 saturated heterocycles. The number of rotatable bonds is 53. The van der Waals surface area contributed by atoms with Crippen molar-refractivity contribution in [1.29, 1.82) is 0 Å². The number of esters is 3. The molecule has 0 radical (unpaired) electrons. The Balaban J connectivity index is 4.33. The minimum Gasteiger partial charge on any atom is -0.462 e. The van der Waals surface area contributed by atoms with Gasteiger partial charge in [0.25, 0.3) is 0 Å². The van der Waals surface area contributed by atoms with Crippen LogP contribution in [0.25, 0.3) is 0 Å². The van der Waals surface area contributed by atoms with Crippen LogP contribution in [0.3, 0.4) is 0 Å². The van der Waals surface area contributed by atoms with Crippen molar-refractivity contribution < 1.29 is 28.6 Å². The first-order valence-electron chi connectivity index (χ1n) is 30.3. The highest BCUT2D eigenvalue weighted by Crippen LogP contribution is 2.14. The van der Waals surface area contributed by atoms with Gasteiger partial charge in [0.05, 0.1) is 0 Å². The second-order valence-electron chi connectivity index (χ2n) is 19.5. The van der Waals surface area contributed by atoms with Crippen molar-refractivity contribution in [2.45, 2.75) is 258 Å². The Morgan fingerprint density at radius 1 is 0.280 bits per heavy atom. The molecule has 75 heavy (non-hydrogen) atoms. The number of carbonyl (C=O) groups excluding carboxylic acids is 3. The molecule has 0 amide bonds. The zero-order valence-electron chi connectivity index (χ0n) is 48.3. The van der Waals surface area contributed by atoms with Crippen molar-refractivity contribution in [3.63, 3.8) is 0 Å². The van der Waals surface area contributed by atoms with Gasteiger partial charge in [0.2, 0.25) is 0 Å². The summed E-state index contributed by atoms with van der Waals surface area (Å²) in [7, 11) is 0. The smallest absolute Gasteiger partial charge is 0.306 e. The van der Waals surface area contributed by atoms with E-state index in [0.29, 0.717) is 19.3 Å². The van der Waals surface area contributed by atoms with E-state index in [4.69, 9.17) is 14.2 Å². The van der Waals surface area contributed by atoms with Gasteiger partial charge in [-0.05, 0) is 122 Å². The van der Waals surface area contributed by atoms with Crippen LogP contribution in [0, 0.1) is 0 Å². The molecular formula is C69H110O6. The van der Waals surface area contributed by atoms with Crippen molar-refractivity contribution in [3.8, 4) is 0 Å². The lowest BCUT2D eigenvalue weighted by Crippen LogP contribution is -2.30. The molecule has 0 aromatic rings. The van der Waals surface area contributed by atoms with Crippen LogP contribution in [0.5, 0.6) is 0 Å². The maximum Gasteiger partial charge on any atom is 0.306 e. The molecule has 0 saturated carbocycles. The van der Waals surface area contributed by atoms with Gasteiger partial charge in [-0.3, -0.25) is 14.4 Å². The Morgan fingerprint density at radius 3 is 0.827 bits per heavy atom. The zero-order chi connectivity index (χ0) is 54.3. The molecule has 0 rings (SSSR count). The fourth-order valence-electron chi connectivity index (χ4n) is 7.86. The molecule has 0 aliphatic rings. The summed E-state index contributed by atoms with van der Waals surface area (Å²) in [5.74, 6) is -0.948. The zero-order valence-corrected chi connectivity index (χ0v) is 48.3. The molecule has 1 unspecified atom stereocenters. The topological polar surface area (TPSA) is 78.9 Å². The first kappa shape index (κ1) is 70.3. The second-order valence-corrected chi connectivity index (χ2v) is 19.5. The lowest BCUT2D eigenvalue weighted by molar-refractivity contribution is -0.167. The molecule has 0 heterocycles. The van der Waals surface area contributed by atoms with Crippen LogP contribution >= 0.6 is 0 Å². The maximum absolute atomic E-state index is 12.8. The SMILES string of the molecule is CC/C=C\C/C=C\C/C=C\C/C=C\C/C=C\C/C=C\C/C=C\C/C=C\C/C=C\CCCCCC(=O)OCC(COC(=O)CCCCCCCCCCC)OC(=O)CCCCCCCCC/C=C\C/C=C\C/C=C\CC. The molecule has 422 valence electrons. The van der Waals surface area contributed by atoms with Gasteiger partial charge in [0, 0.05) is 19.3 Å². The molecule has 1 atom stereocenters. The van der Waals surface area contributed by atoms with Crippen LogP contribution in [-0.4, -0.2) is 37.2 Å². The Labute approximate surface area is 461 Å². The Bertz CT molecular complexity index is 1660. The number of unbranched alkanes of at least 4 members (excludes halogenated alkanes) is 18. The van der Waals surface area contributed by atoms with Crippen LogP contribution in [0.1, 0.15) is 252 Å². The third-order valence-corrected chi connectivity index (χ3v) is 12.3. The molecular weight excluding hydrogens is 925 g/mol. The fourth-order valence-corrected chi connectivity index (χ4v) is 7.86. The second kappa shape index (κ2) is 61.8. The largest absolute Gasteiger partial charge is 0.462 e. The van der Waals surface area contributed by atoms with Gasteiger partial charge >= 0.3 is 17.9 Å². The normalized spacial score (nSPS) is 13.2. The van der Waals surface area contributed by atoms with E-state index in [-0.39, 0.29) is 31.1 Å². The summed E-state index contributed by atoms with van der Waals surface area (Å²) >= 11 is 0. The summed E-state index contributed by atoms with van der Waals surface area (Å²) in [6.45, 7) is 6.35. The van der Waals surface area contributed by atoms with E-state index in [1.54, 1.807) is 0 Å². The van der Waals surface area contributed by atoms with Gasteiger partial charge in [0.15, 0.2) is 6.10 Å². The summed E-state index contributed by atoms with van der Waals surface area (Å²) in [5.41, 5.74) is 0. The quantitative estimate of drug-likeness (QED) is 0.0261. The van der Waals surface area contributed by atoms with E-state index in [2.05, 4.69) is 167 Å². The molecule has 0 bridgehead atoms. The molecule has 0 fully saturated rings. The number of hydrogen-bond acceptors (Lipinski definition) is 6. The van der Waals surface area contributed by atoms with Gasteiger partial charge in [-0.2, -0.15) is 0 Å². The molecule has 0 aromatic heterocycles. The predicted octanol–water partition coefficient (Wildman–Crippen LogP) is 20.8. The highest BCUT2D eigenvalue weighted by molar-refractivity contribution is 5.71. The van der Waals surface area contributed by atoms with Crippen LogP contribution in [-0.2, 0) is 28.6 Å². The number of carbonyl (C=O) groups is 3. The van der Waals surface area contributed by atoms with E-state index in [0.717, 1.165) is 148 Å². The summed E-state index contributed by atoms with van der Waals surface area (Å²) in [5, 5.41) is 0. The van der Waals surface area contributed by atoms with Gasteiger partial charge in [-0.25, -0.2) is 0 Å². The molecule has 6 heteroatoms. The van der Waals surface area contributed by atoms with Crippen molar-refractivity contribution in [2.75, 3.05) is 13.2 Å². The van der Waals surface area contributed by atoms with E-state index in [1.165, 1.54) is 64.2 Å². The van der Waals surface area contributed by atoms with E-state index in [1.807, 2.05) is 0 Å². The minimum absolute atomic E-state index is 0.0961. The highest BCUT2D eigenvalue weighted by atomic mass is 16.6. The van der Waals surface area contributed by atoms with Crippen LogP contribution in [0.4, 0.5) is 0 Å². The number of hydrogen-bond donors (Lipinski definition) is 0. The molecule has 0 aromatic carbocycles. The van der Waals surface area contributed by atoms with E-state index < -0.39 is 6.10 Å². The van der Waals surface area contributed by atoms with Gasteiger partial charge in [-0.1, -0.05) is 256 Å². The fraction of sp³-hybridized carbons (Fsp3) is 0.609. The average Bonchev–Trinajstić information content (AvgIpc) is 3.41. The van der Waals surface area contributed by atoms with Crippen LogP contribution in [0.15, 0.2) is 146 Å². The molecule has 0 aliphatic carbocycles. The van der Waals surface area contributed by atoms with E-state index >= 15 is 0 Å². The first-order valence-corrected chi connectivity index (χ1v) is 30.3. The highest BCUT2D eigenvalue weighted by Gasteiger charge is 2.19. The Morgan fingerprint density at radius 2 is 0.520 bits per heavy atom. The van der Waals surface area contributed by atoms with Crippen molar-refractivity contribution >= 4 is 17.9 Å². The van der Waals surface area contributed by atoms with Gasteiger partial charge in [0.1, 0.15) is 13.2 Å². The molecule has 6 nitrogen and oxygen atoms in total. The minimum atomic E-state index is -0.801. The molecule has 0 spiro atoms. The number of allylic oxidation sites excluding steroid dienone is 24. The van der Waals surface area contributed by atoms with Gasteiger partial charge in [-0.15, -0.1) is 0 Å². The van der Waals surface area contributed by atoms with Crippen LogP contribution in [0.2, 0.25) is 0 Å². The lowest BCUT2D eigenvalue weighted by Gasteiger charge is -2.18. The first-order chi connectivity index (χ1) is 37.0. The monoisotopic (exact) mass is 1030 g/mol. The summed E-state index contributed by atoms with van der Waals surface area (Å²) in [4.78, 5) is 38.1.